The lowest BCUT2D eigenvalue weighted by atomic mass is 10.2. The van der Waals surface area contributed by atoms with Gasteiger partial charge in [-0.3, -0.25) is 9.52 Å². The average molecular weight is 400 g/mol. The van der Waals surface area contributed by atoms with Crippen LogP contribution in [-0.2, 0) is 10.0 Å². The number of hydrogen-bond acceptors (Lipinski definition) is 7. The molecule has 28 heavy (non-hydrogen) atoms. The van der Waals surface area contributed by atoms with E-state index >= 15 is 0 Å². The molecule has 0 aliphatic carbocycles. The number of para-hydroxylation sites is 1. The van der Waals surface area contributed by atoms with Crippen molar-refractivity contribution in [2.24, 2.45) is 5.73 Å². The predicted molar refractivity (Wildman–Crippen MR) is 101 cm³/mol. The summed E-state index contributed by atoms with van der Waals surface area (Å²) in [4.78, 5) is 19.3. The summed E-state index contributed by atoms with van der Waals surface area (Å²) in [6.07, 6.45) is 2.53. The highest BCUT2D eigenvalue weighted by molar-refractivity contribution is 7.92. The number of primary amides is 1. The fourth-order valence-corrected chi connectivity index (χ4v) is 3.33. The van der Waals surface area contributed by atoms with Crippen LogP contribution in [0.2, 0.25) is 0 Å². The molecule has 1 aromatic heterocycles. The highest BCUT2D eigenvalue weighted by Gasteiger charge is 2.19. The van der Waals surface area contributed by atoms with Crippen LogP contribution in [0.1, 0.15) is 10.4 Å². The first-order chi connectivity index (χ1) is 13.4. The van der Waals surface area contributed by atoms with Crippen LogP contribution in [0, 0.1) is 0 Å². The molecule has 1 amide bonds. The predicted octanol–water partition coefficient (Wildman–Crippen LogP) is 2.18. The summed E-state index contributed by atoms with van der Waals surface area (Å²) in [6.45, 7) is 0. The third-order valence-electron chi connectivity index (χ3n) is 3.58. The smallest absolute Gasteiger partial charge is 0.322 e. The molecule has 9 nitrogen and oxygen atoms in total. The van der Waals surface area contributed by atoms with Crippen molar-refractivity contribution in [3.8, 4) is 17.5 Å². The lowest BCUT2D eigenvalue weighted by Gasteiger charge is -2.11. The van der Waals surface area contributed by atoms with E-state index in [1.165, 1.54) is 31.6 Å². The molecular weight excluding hydrogens is 384 g/mol. The summed E-state index contributed by atoms with van der Waals surface area (Å²) >= 11 is 0. The standard InChI is InChI=1S/C18H16N4O5S/c1-26-16-8-7-14(9-15(16)17(19)23)28(24,25)22-12-10-20-18(21-11-12)27-13-5-3-2-4-6-13/h2-11,22H,1H3,(H2,19,23). The summed E-state index contributed by atoms with van der Waals surface area (Å²) in [5.41, 5.74) is 5.34. The van der Waals surface area contributed by atoms with Crippen molar-refractivity contribution in [1.29, 1.82) is 0 Å². The summed E-state index contributed by atoms with van der Waals surface area (Å²) in [5.74, 6) is -0.0788. The van der Waals surface area contributed by atoms with Crippen LogP contribution in [0.15, 0.2) is 65.8 Å². The molecule has 144 valence electrons. The lowest BCUT2D eigenvalue weighted by Crippen LogP contribution is -2.17. The van der Waals surface area contributed by atoms with Crippen LogP contribution in [0.3, 0.4) is 0 Å². The molecule has 0 aliphatic rings. The molecular formula is C18H16N4O5S. The van der Waals surface area contributed by atoms with Gasteiger partial charge in [0.15, 0.2) is 0 Å². The van der Waals surface area contributed by atoms with Gasteiger partial charge in [0.25, 0.3) is 15.9 Å². The number of methoxy groups -OCH3 is 1. The molecule has 1 heterocycles. The molecule has 10 heteroatoms. The van der Waals surface area contributed by atoms with Gasteiger partial charge in [-0.05, 0) is 30.3 Å². The van der Waals surface area contributed by atoms with Crippen LogP contribution >= 0.6 is 0 Å². The van der Waals surface area contributed by atoms with Crippen molar-refractivity contribution in [1.82, 2.24) is 9.97 Å². The van der Waals surface area contributed by atoms with Gasteiger partial charge in [0.2, 0.25) is 0 Å². The number of rotatable bonds is 7. The Balaban J connectivity index is 1.79. The summed E-state index contributed by atoms with van der Waals surface area (Å²) in [6, 6.07) is 12.8. The van der Waals surface area contributed by atoms with Gasteiger partial charge in [-0.2, -0.15) is 0 Å². The van der Waals surface area contributed by atoms with Gasteiger partial charge in [-0.1, -0.05) is 18.2 Å². The number of carbonyl (C=O) groups excluding carboxylic acids is 1. The minimum Gasteiger partial charge on any atom is -0.496 e. The van der Waals surface area contributed by atoms with E-state index in [-0.39, 0.29) is 27.9 Å². The molecule has 0 saturated carbocycles. The number of benzene rings is 2. The average Bonchev–Trinajstić information content (AvgIpc) is 2.69. The summed E-state index contributed by atoms with van der Waals surface area (Å²) in [7, 11) is -2.65. The fourth-order valence-electron chi connectivity index (χ4n) is 2.28. The van der Waals surface area contributed by atoms with Crippen LogP contribution in [0.25, 0.3) is 0 Å². The van der Waals surface area contributed by atoms with Crippen molar-refractivity contribution < 1.29 is 22.7 Å². The number of nitrogens with one attached hydrogen (secondary N) is 1. The van der Waals surface area contributed by atoms with Gasteiger partial charge in [-0.15, -0.1) is 0 Å². The van der Waals surface area contributed by atoms with Gasteiger partial charge in [0.05, 0.1) is 35.6 Å². The van der Waals surface area contributed by atoms with E-state index in [1.54, 1.807) is 24.3 Å². The Labute approximate surface area is 161 Å². The zero-order valence-corrected chi connectivity index (χ0v) is 15.5. The van der Waals surface area contributed by atoms with Crippen molar-refractivity contribution >= 4 is 21.6 Å². The number of carbonyl (C=O) groups is 1. The van der Waals surface area contributed by atoms with Crippen molar-refractivity contribution in [2.45, 2.75) is 4.90 Å². The Morgan fingerprint density at radius 1 is 1.07 bits per heavy atom. The van der Waals surface area contributed by atoms with E-state index in [9.17, 15) is 13.2 Å². The van der Waals surface area contributed by atoms with Crippen LogP contribution < -0.4 is 19.9 Å². The van der Waals surface area contributed by atoms with Crippen LogP contribution in [0.4, 0.5) is 5.69 Å². The van der Waals surface area contributed by atoms with Crippen LogP contribution in [0.5, 0.6) is 17.5 Å². The second kappa shape index (κ2) is 7.92. The number of aromatic nitrogens is 2. The number of anilines is 1. The van der Waals surface area contributed by atoms with Gasteiger partial charge in [0, 0.05) is 0 Å². The molecule has 0 radical (unpaired) electrons. The maximum atomic E-state index is 12.6. The Kier molecular flexibility index (Phi) is 5.41. The van der Waals surface area contributed by atoms with Gasteiger partial charge in [-0.25, -0.2) is 18.4 Å². The van der Waals surface area contributed by atoms with Crippen molar-refractivity contribution in [2.75, 3.05) is 11.8 Å². The summed E-state index contributed by atoms with van der Waals surface area (Å²) in [5, 5.41) is 0. The third-order valence-corrected chi connectivity index (χ3v) is 4.96. The molecule has 0 unspecified atom stereocenters. The normalized spacial score (nSPS) is 10.9. The molecule has 0 spiro atoms. The highest BCUT2D eigenvalue weighted by atomic mass is 32.2. The maximum absolute atomic E-state index is 12.6. The number of nitrogens with two attached hydrogens (primary N) is 1. The zero-order chi connectivity index (χ0) is 20.1. The Hall–Kier alpha value is -3.66. The number of amides is 1. The number of hydrogen-bond donors (Lipinski definition) is 2. The molecule has 0 atom stereocenters. The van der Waals surface area contributed by atoms with E-state index in [1.807, 2.05) is 6.07 Å². The van der Waals surface area contributed by atoms with E-state index in [0.29, 0.717) is 5.75 Å². The van der Waals surface area contributed by atoms with Crippen molar-refractivity contribution in [3.63, 3.8) is 0 Å². The Morgan fingerprint density at radius 2 is 1.75 bits per heavy atom. The van der Waals surface area contributed by atoms with Gasteiger partial charge in [0.1, 0.15) is 11.5 Å². The first-order valence-corrected chi connectivity index (χ1v) is 9.43. The first-order valence-electron chi connectivity index (χ1n) is 7.94. The van der Waals surface area contributed by atoms with Gasteiger partial charge >= 0.3 is 6.01 Å². The van der Waals surface area contributed by atoms with E-state index in [2.05, 4.69) is 14.7 Å². The summed E-state index contributed by atoms with van der Waals surface area (Å²) < 4.78 is 37.9. The largest absolute Gasteiger partial charge is 0.496 e. The first kappa shape index (κ1) is 19.1. The Bertz CT molecular complexity index is 1090. The number of nitrogens with zero attached hydrogens (tertiary/aromatic N) is 2. The number of ether oxygens (including phenoxy) is 2. The quantitative estimate of drug-likeness (QED) is 0.621. The van der Waals surface area contributed by atoms with E-state index < -0.39 is 15.9 Å². The SMILES string of the molecule is COc1ccc(S(=O)(=O)Nc2cnc(Oc3ccccc3)nc2)cc1C(N)=O. The molecule has 0 fully saturated rings. The molecule has 3 aromatic rings. The minimum atomic E-state index is -4.00. The highest BCUT2D eigenvalue weighted by Crippen LogP contribution is 2.24. The second-order valence-electron chi connectivity index (χ2n) is 5.50. The Morgan fingerprint density at radius 3 is 2.36 bits per heavy atom. The molecule has 0 aliphatic heterocycles. The molecule has 2 aromatic carbocycles. The number of sulfonamides is 1. The monoisotopic (exact) mass is 400 g/mol. The topological polar surface area (TPSA) is 134 Å². The van der Waals surface area contributed by atoms with Gasteiger partial charge < -0.3 is 15.2 Å². The molecule has 0 bridgehead atoms. The minimum absolute atomic E-state index is 0.0479. The maximum Gasteiger partial charge on any atom is 0.322 e. The molecule has 0 saturated heterocycles. The third kappa shape index (κ3) is 4.35. The molecule has 3 N–H and O–H groups in total. The zero-order valence-electron chi connectivity index (χ0n) is 14.7. The van der Waals surface area contributed by atoms with E-state index in [4.69, 9.17) is 15.2 Å². The second-order valence-corrected chi connectivity index (χ2v) is 7.18. The van der Waals surface area contributed by atoms with Crippen molar-refractivity contribution in [3.05, 3.63) is 66.5 Å². The molecule has 3 rings (SSSR count). The van der Waals surface area contributed by atoms with E-state index in [0.717, 1.165) is 6.07 Å². The lowest BCUT2D eigenvalue weighted by molar-refractivity contribution is 0.0997. The van der Waals surface area contributed by atoms with Crippen LogP contribution in [-0.4, -0.2) is 31.4 Å². The fraction of sp³-hybridized carbons (Fsp3) is 0.0556.